The minimum atomic E-state index is -1.40. The molecule has 1 aliphatic rings. The van der Waals surface area contributed by atoms with Gasteiger partial charge in [-0.3, -0.25) is 0 Å². The summed E-state index contributed by atoms with van der Waals surface area (Å²) in [6.45, 7) is -0.453. The van der Waals surface area contributed by atoms with Crippen LogP contribution in [0.5, 0.6) is 0 Å². The van der Waals surface area contributed by atoms with E-state index in [9.17, 15) is 20.4 Å². The zero-order valence-corrected chi connectivity index (χ0v) is 15.8. The van der Waals surface area contributed by atoms with Gasteiger partial charge in [0.15, 0.2) is 0 Å². The third kappa shape index (κ3) is 4.29. The topological polar surface area (TPSA) is 116 Å². The first-order chi connectivity index (χ1) is 12.9. The number of nitrogen functional groups attached to an aromatic ring is 1. The van der Waals surface area contributed by atoms with E-state index in [1.54, 1.807) is 23.9 Å². The van der Waals surface area contributed by atoms with Crippen molar-refractivity contribution < 1.29 is 25.2 Å². The van der Waals surface area contributed by atoms with E-state index in [0.717, 1.165) is 11.1 Å². The zero-order valence-electron chi connectivity index (χ0n) is 15.0. The van der Waals surface area contributed by atoms with Crippen LogP contribution in [0, 0.1) is 0 Å². The molecule has 1 saturated heterocycles. The third-order valence-corrected chi connectivity index (χ3v) is 5.69. The van der Waals surface area contributed by atoms with Gasteiger partial charge in [-0.2, -0.15) is 0 Å². The molecule has 0 radical (unpaired) electrons. The Bertz CT molecular complexity index is 767. The molecule has 0 amide bonds. The first-order valence-electron chi connectivity index (χ1n) is 8.76. The summed E-state index contributed by atoms with van der Waals surface area (Å²) in [4.78, 5) is 1.18. The quantitative estimate of drug-likeness (QED) is 0.383. The highest BCUT2D eigenvalue weighted by Gasteiger charge is 2.43. The normalized spacial score (nSPS) is 28.3. The minimum absolute atomic E-state index is 0.453. The molecule has 2 aromatic carbocycles. The maximum atomic E-state index is 10.3. The molecule has 3 rings (SSSR count). The van der Waals surface area contributed by atoms with Gasteiger partial charge in [0.2, 0.25) is 0 Å². The number of aliphatic hydroxyl groups excluding tert-OH is 4. The van der Waals surface area contributed by atoms with E-state index >= 15 is 0 Å². The predicted octanol–water partition coefficient (Wildman–Crippen LogP) is 1.10. The summed E-state index contributed by atoms with van der Waals surface area (Å²) in [5.74, 6) is 0. The second kappa shape index (κ2) is 8.60. The molecule has 0 bridgehead atoms. The fourth-order valence-corrected chi connectivity index (χ4v) is 3.70. The number of hydrogen-bond acceptors (Lipinski definition) is 7. The van der Waals surface area contributed by atoms with Crippen molar-refractivity contribution in [1.82, 2.24) is 0 Å². The lowest BCUT2D eigenvalue weighted by Gasteiger charge is -2.40. The standard InChI is InChI=1S/C20H25NO5S/c1-27-14-5-2-11(3-6-14)8-13-9-12(4-7-15(13)21)20-19(25)18(24)17(23)16(10-22)26-20/h2-7,9,16-20,22-25H,8,10,21H2,1H3/t16-,17-,18+,19-,20+/m1/s1. The van der Waals surface area contributed by atoms with Crippen LogP contribution in [0.25, 0.3) is 0 Å². The second-order valence-electron chi connectivity index (χ2n) is 6.73. The lowest BCUT2D eigenvalue weighted by Crippen LogP contribution is -2.55. The summed E-state index contributed by atoms with van der Waals surface area (Å²) in [5, 5.41) is 39.7. The van der Waals surface area contributed by atoms with Gasteiger partial charge in [-0.05, 0) is 47.6 Å². The van der Waals surface area contributed by atoms with Gasteiger partial charge in [0.05, 0.1) is 6.61 Å². The van der Waals surface area contributed by atoms with E-state index in [2.05, 4.69) is 12.1 Å². The molecule has 0 unspecified atom stereocenters. The van der Waals surface area contributed by atoms with Gasteiger partial charge in [-0.25, -0.2) is 0 Å². The summed E-state index contributed by atoms with van der Waals surface area (Å²) in [7, 11) is 0. The lowest BCUT2D eigenvalue weighted by atomic mass is 9.90. The average Bonchev–Trinajstić information content (AvgIpc) is 2.69. The van der Waals surface area contributed by atoms with Crippen LogP contribution in [-0.4, -0.2) is 57.7 Å². The number of thioether (sulfide) groups is 1. The van der Waals surface area contributed by atoms with Gasteiger partial charge < -0.3 is 30.9 Å². The van der Waals surface area contributed by atoms with Crippen molar-refractivity contribution in [2.75, 3.05) is 18.6 Å². The minimum Gasteiger partial charge on any atom is -0.398 e. The molecule has 6 nitrogen and oxygen atoms in total. The highest BCUT2D eigenvalue weighted by molar-refractivity contribution is 7.98. The van der Waals surface area contributed by atoms with Crippen LogP contribution in [0.4, 0.5) is 5.69 Å². The Hall–Kier alpha value is -1.61. The van der Waals surface area contributed by atoms with E-state index in [0.29, 0.717) is 17.7 Å². The summed E-state index contributed by atoms with van der Waals surface area (Å²) in [6, 6.07) is 13.5. The molecule has 5 atom stereocenters. The van der Waals surface area contributed by atoms with Gasteiger partial charge >= 0.3 is 0 Å². The summed E-state index contributed by atoms with van der Waals surface area (Å²) in [6.07, 6.45) is -3.24. The molecular formula is C20H25NO5S. The van der Waals surface area contributed by atoms with Crippen molar-refractivity contribution in [2.24, 2.45) is 0 Å². The third-order valence-electron chi connectivity index (χ3n) is 4.94. The summed E-state index contributed by atoms with van der Waals surface area (Å²) >= 11 is 1.68. The summed E-state index contributed by atoms with van der Waals surface area (Å²) < 4.78 is 5.64. The van der Waals surface area contributed by atoms with Crippen LogP contribution < -0.4 is 5.73 Å². The van der Waals surface area contributed by atoms with Gasteiger partial charge in [0, 0.05) is 10.6 Å². The Balaban J connectivity index is 1.85. The Kier molecular flexibility index (Phi) is 6.41. The van der Waals surface area contributed by atoms with Crippen molar-refractivity contribution in [3.63, 3.8) is 0 Å². The van der Waals surface area contributed by atoms with Crippen LogP contribution in [-0.2, 0) is 11.2 Å². The molecule has 1 heterocycles. The number of aliphatic hydroxyl groups is 4. The first-order valence-corrected chi connectivity index (χ1v) is 9.98. The first kappa shape index (κ1) is 20.1. The summed E-state index contributed by atoms with van der Waals surface area (Å²) in [5.41, 5.74) is 9.36. The van der Waals surface area contributed by atoms with E-state index in [-0.39, 0.29) is 0 Å². The molecule has 1 aliphatic heterocycles. The number of anilines is 1. The van der Waals surface area contributed by atoms with Crippen LogP contribution in [0.1, 0.15) is 22.8 Å². The molecule has 1 fully saturated rings. The zero-order chi connectivity index (χ0) is 19.6. The molecule has 0 spiro atoms. The SMILES string of the molecule is CSc1ccc(Cc2cc([C@@H]3O[C@H](CO)[C@@H](O)[C@H](O)[C@H]3O)ccc2N)cc1. The smallest absolute Gasteiger partial charge is 0.113 e. The fourth-order valence-electron chi connectivity index (χ4n) is 3.30. The van der Waals surface area contributed by atoms with Crippen molar-refractivity contribution in [3.8, 4) is 0 Å². The van der Waals surface area contributed by atoms with Crippen molar-refractivity contribution >= 4 is 17.4 Å². The Labute approximate surface area is 162 Å². The monoisotopic (exact) mass is 391 g/mol. The molecule has 0 saturated carbocycles. The number of rotatable bonds is 5. The maximum absolute atomic E-state index is 10.3. The van der Waals surface area contributed by atoms with Gasteiger partial charge in [0.25, 0.3) is 0 Å². The van der Waals surface area contributed by atoms with Gasteiger partial charge in [0.1, 0.15) is 30.5 Å². The average molecular weight is 391 g/mol. The molecule has 6 N–H and O–H groups in total. The highest BCUT2D eigenvalue weighted by Crippen LogP contribution is 2.34. The van der Waals surface area contributed by atoms with E-state index < -0.39 is 37.1 Å². The lowest BCUT2D eigenvalue weighted by molar-refractivity contribution is -0.231. The molecule has 0 aliphatic carbocycles. The second-order valence-corrected chi connectivity index (χ2v) is 7.61. The van der Waals surface area contributed by atoms with Crippen molar-refractivity contribution in [1.29, 1.82) is 0 Å². The molecule has 0 aromatic heterocycles. The van der Waals surface area contributed by atoms with Crippen LogP contribution in [0.3, 0.4) is 0 Å². The van der Waals surface area contributed by atoms with Crippen LogP contribution in [0.15, 0.2) is 47.4 Å². The van der Waals surface area contributed by atoms with Gasteiger partial charge in [-0.1, -0.05) is 24.3 Å². The van der Waals surface area contributed by atoms with E-state index in [1.165, 1.54) is 4.90 Å². The molecule has 27 heavy (non-hydrogen) atoms. The highest BCUT2D eigenvalue weighted by atomic mass is 32.2. The number of benzene rings is 2. The van der Waals surface area contributed by atoms with Gasteiger partial charge in [-0.15, -0.1) is 11.8 Å². The van der Waals surface area contributed by atoms with Crippen molar-refractivity contribution in [3.05, 3.63) is 59.2 Å². The number of nitrogens with two attached hydrogens (primary N) is 1. The molecule has 2 aromatic rings. The van der Waals surface area contributed by atoms with E-state index in [1.807, 2.05) is 24.5 Å². The Morgan fingerprint density at radius 2 is 1.70 bits per heavy atom. The number of ether oxygens (including phenoxy) is 1. The fraction of sp³-hybridized carbons (Fsp3) is 0.400. The molecule has 7 heteroatoms. The molecule has 146 valence electrons. The van der Waals surface area contributed by atoms with Crippen LogP contribution in [0.2, 0.25) is 0 Å². The Morgan fingerprint density at radius 3 is 2.33 bits per heavy atom. The van der Waals surface area contributed by atoms with E-state index in [4.69, 9.17) is 10.5 Å². The predicted molar refractivity (Wildman–Crippen MR) is 105 cm³/mol. The number of hydrogen-bond donors (Lipinski definition) is 5. The maximum Gasteiger partial charge on any atom is 0.113 e. The largest absolute Gasteiger partial charge is 0.398 e. The Morgan fingerprint density at radius 1 is 1.00 bits per heavy atom. The molecular weight excluding hydrogens is 366 g/mol. The van der Waals surface area contributed by atoms with Crippen molar-refractivity contribution in [2.45, 2.75) is 41.8 Å². The van der Waals surface area contributed by atoms with Crippen LogP contribution >= 0.6 is 11.8 Å².